The van der Waals surface area contributed by atoms with Gasteiger partial charge in [0, 0.05) is 47.7 Å². The Morgan fingerprint density at radius 1 is 1.15 bits per heavy atom. The van der Waals surface area contributed by atoms with Crippen LogP contribution in [0.1, 0.15) is 30.0 Å². The van der Waals surface area contributed by atoms with Crippen LogP contribution in [-0.2, 0) is 22.5 Å². The van der Waals surface area contributed by atoms with Gasteiger partial charge in [-0.2, -0.15) is 0 Å². The number of carbonyl (C=O) groups is 1. The molecule has 0 bridgehead atoms. The number of nitrogens with zero attached hydrogens (tertiary/aromatic N) is 4. The predicted molar refractivity (Wildman–Crippen MR) is 144 cm³/mol. The Morgan fingerprint density at radius 3 is 2.59 bits per heavy atom. The summed E-state index contributed by atoms with van der Waals surface area (Å²) >= 11 is 0. The Morgan fingerprint density at radius 2 is 1.87 bits per heavy atom. The number of aliphatic hydroxyl groups excluding tert-OH is 1. The second-order valence-electron chi connectivity index (χ2n) is 8.95. The van der Waals surface area contributed by atoms with Crippen molar-refractivity contribution in [2.24, 2.45) is 10.1 Å². The average molecular weight is 533 g/mol. The second-order valence-corrected chi connectivity index (χ2v) is 8.95. The van der Waals surface area contributed by atoms with E-state index in [-0.39, 0.29) is 31.3 Å². The van der Waals surface area contributed by atoms with Crippen LogP contribution in [0.2, 0.25) is 0 Å². The van der Waals surface area contributed by atoms with E-state index in [2.05, 4.69) is 20.9 Å². The number of nitrogens with one attached hydrogen (secondary N) is 2. The SMILES string of the molecule is C[C@@H]1OC(c2ccc(OCCCO)cc2)=N[C@]1(Cc1ccccc1N=[N+]=[N-])C(=O)NNCc1ccccc1F. The highest BCUT2D eigenvalue weighted by Gasteiger charge is 2.50. The molecule has 3 N–H and O–H groups in total. The van der Waals surface area contributed by atoms with Crippen molar-refractivity contribution in [2.75, 3.05) is 13.2 Å². The van der Waals surface area contributed by atoms with Crippen molar-refractivity contribution in [3.8, 4) is 5.75 Å². The van der Waals surface area contributed by atoms with E-state index in [0.29, 0.717) is 41.2 Å². The molecule has 0 spiro atoms. The summed E-state index contributed by atoms with van der Waals surface area (Å²) in [6, 6.07) is 20.3. The number of aliphatic imine (C=N–C) groups is 1. The van der Waals surface area contributed by atoms with E-state index in [9.17, 15) is 9.18 Å². The third-order valence-electron chi connectivity index (χ3n) is 6.37. The van der Waals surface area contributed by atoms with Crippen molar-refractivity contribution in [2.45, 2.75) is 38.0 Å². The van der Waals surface area contributed by atoms with Crippen molar-refractivity contribution in [1.82, 2.24) is 10.9 Å². The highest BCUT2D eigenvalue weighted by Crippen LogP contribution is 2.35. The van der Waals surface area contributed by atoms with Crippen molar-refractivity contribution in [1.29, 1.82) is 0 Å². The quantitative estimate of drug-likeness (QED) is 0.104. The summed E-state index contributed by atoms with van der Waals surface area (Å²) in [5, 5.41) is 12.7. The molecule has 0 aliphatic carbocycles. The van der Waals surface area contributed by atoms with E-state index in [1.807, 2.05) is 0 Å². The largest absolute Gasteiger partial charge is 0.494 e. The van der Waals surface area contributed by atoms with Gasteiger partial charge in [-0.3, -0.25) is 10.2 Å². The lowest BCUT2D eigenvalue weighted by Gasteiger charge is -2.28. The summed E-state index contributed by atoms with van der Waals surface area (Å²) in [6.07, 6.45) is -0.0837. The van der Waals surface area contributed by atoms with Crippen LogP contribution in [0.4, 0.5) is 10.1 Å². The Kier molecular flexibility index (Phi) is 9.11. The highest BCUT2D eigenvalue weighted by atomic mass is 19.1. The van der Waals surface area contributed by atoms with Gasteiger partial charge in [0.15, 0.2) is 5.54 Å². The molecule has 0 saturated heterocycles. The Bertz CT molecular complexity index is 1380. The zero-order valence-electron chi connectivity index (χ0n) is 21.4. The zero-order valence-corrected chi connectivity index (χ0v) is 21.4. The first-order chi connectivity index (χ1) is 19.0. The number of hydrogen-bond donors (Lipinski definition) is 3. The van der Waals surface area contributed by atoms with Crippen LogP contribution in [0.5, 0.6) is 5.75 Å². The lowest BCUT2D eigenvalue weighted by Crippen LogP contribution is -2.55. The van der Waals surface area contributed by atoms with Gasteiger partial charge in [0.05, 0.1) is 6.61 Å². The van der Waals surface area contributed by atoms with Gasteiger partial charge in [0.1, 0.15) is 17.7 Å². The molecule has 1 aliphatic heterocycles. The molecule has 1 amide bonds. The number of carbonyl (C=O) groups excluding carboxylic acids is 1. The summed E-state index contributed by atoms with van der Waals surface area (Å²) < 4.78 is 25.7. The number of aliphatic hydroxyl groups is 1. The number of hydrazine groups is 1. The molecule has 202 valence electrons. The van der Waals surface area contributed by atoms with Crippen LogP contribution in [-0.4, -0.2) is 41.8 Å². The van der Waals surface area contributed by atoms with Gasteiger partial charge >= 0.3 is 0 Å². The number of amides is 1. The topological polar surface area (TPSA) is 141 Å². The standard InChI is InChI=1S/C28H29FN6O4/c1-19-28(17-21-7-3-5-10-25(21)33-35-30,27(37)34-31-18-22-8-2-4-9-24(22)29)32-26(39-19)20-11-13-23(14-12-20)38-16-6-15-36/h2-5,7-14,19,31,36H,6,15-18H2,1H3,(H,34,37)/t19-,28-/m0/s1. The molecule has 3 aromatic carbocycles. The first-order valence-electron chi connectivity index (χ1n) is 12.5. The summed E-state index contributed by atoms with van der Waals surface area (Å²) in [7, 11) is 0. The first kappa shape index (κ1) is 27.6. The molecule has 0 unspecified atom stereocenters. The Labute approximate surface area is 225 Å². The van der Waals surface area contributed by atoms with E-state index < -0.39 is 17.6 Å². The minimum absolute atomic E-state index is 0.0444. The van der Waals surface area contributed by atoms with Crippen molar-refractivity contribution < 1.29 is 23.8 Å². The van der Waals surface area contributed by atoms with Gasteiger partial charge in [-0.25, -0.2) is 14.8 Å². The Balaban J connectivity index is 1.62. The third kappa shape index (κ3) is 6.53. The van der Waals surface area contributed by atoms with Crippen molar-refractivity contribution in [3.05, 3.63) is 106 Å². The molecule has 10 nitrogen and oxygen atoms in total. The summed E-state index contributed by atoms with van der Waals surface area (Å²) in [6.45, 7) is 2.24. The molecule has 0 radical (unpaired) electrons. The monoisotopic (exact) mass is 532 g/mol. The lowest BCUT2D eigenvalue weighted by molar-refractivity contribution is -0.129. The maximum absolute atomic E-state index is 14.1. The van der Waals surface area contributed by atoms with Gasteiger partial charge in [-0.1, -0.05) is 47.6 Å². The molecule has 4 rings (SSSR count). The summed E-state index contributed by atoms with van der Waals surface area (Å²) in [5.74, 6) is 0.0263. The van der Waals surface area contributed by atoms with E-state index in [1.165, 1.54) is 6.07 Å². The van der Waals surface area contributed by atoms with Crippen LogP contribution >= 0.6 is 0 Å². The van der Waals surface area contributed by atoms with E-state index in [1.54, 1.807) is 73.7 Å². The number of ether oxygens (including phenoxy) is 2. The maximum atomic E-state index is 14.1. The molecule has 2 atom stereocenters. The molecule has 3 aromatic rings. The first-order valence-corrected chi connectivity index (χ1v) is 12.5. The average Bonchev–Trinajstić information content (AvgIpc) is 3.28. The zero-order chi connectivity index (χ0) is 27.7. The van der Waals surface area contributed by atoms with Gasteiger partial charge < -0.3 is 14.6 Å². The minimum Gasteiger partial charge on any atom is -0.494 e. The summed E-state index contributed by atoms with van der Waals surface area (Å²) in [4.78, 5) is 21.4. The fourth-order valence-electron chi connectivity index (χ4n) is 4.21. The molecule has 0 aromatic heterocycles. The molecule has 0 saturated carbocycles. The predicted octanol–water partition coefficient (Wildman–Crippen LogP) is 4.50. The van der Waals surface area contributed by atoms with Crippen LogP contribution in [0.15, 0.2) is 82.9 Å². The third-order valence-corrected chi connectivity index (χ3v) is 6.37. The fourth-order valence-corrected chi connectivity index (χ4v) is 4.21. The molecule has 0 fully saturated rings. The second kappa shape index (κ2) is 12.9. The van der Waals surface area contributed by atoms with Crippen LogP contribution in [0.25, 0.3) is 10.4 Å². The van der Waals surface area contributed by atoms with Crippen LogP contribution in [0.3, 0.4) is 0 Å². The fraction of sp³-hybridized carbons (Fsp3) is 0.286. The molecule has 1 aliphatic rings. The van der Waals surface area contributed by atoms with Gasteiger partial charge in [-0.05, 0) is 48.4 Å². The van der Waals surface area contributed by atoms with Crippen LogP contribution in [0, 0.1) is 5.82 Å². The van der Waals surface area contributed by atoms with Gasteiger partial charge in [0.25, 0.3) is 5.91 Å². The molecule has 11 heteroatoms. The minimum atomic E-state index is -1.42. The smallest absolute Gasteiger partial charge is 0.266 e. The molecular weight excluding hydrogens is 503 g/mol. The van der Waals surface area contributed by atoms with Crippen molar-refractivity contribution >= 4 is 17.5 Å². The maximum Gasteiger partial charge on any atom is 0.266 e. The number of halogens is 1. The number of azide groups is 1. The highest BCUT2D eigenvalue weighted by molar-refractivity contribution is 6.00. The summed E-state index contributed by atoms with van der Waals surface area (Å²) in [5.41, 5.74) is 15.1. The molecule has 1 heterocycles. The van der Waals surface area contributed by atoms with E-state index in [4.69, 9.17) is 25.1 Å². The number of rotatable bonds is 12. The molecular formula is C28H29FN6O4. The van der Waals surface area contributed by atoms with E-state index in [0.717, 1.165) is 0 Å². The Hall–Kier alpha value is -4.44. The van der Waals surface area contributed by atoms with Gasteiger partial charge in [-0.15, -0.1) is 0 Å². The number of hydrogen-bond acceptors (Lipinski definition) is 7. The van der Waals surface area contributed by atoms with E-state index >= 15 is 0 Å². The normalized spacial score (nSPS) is 18.0. The lowest BCUT2D eigenvalue weighted by atomic mass is 9.85. The number of benzene rings is 3. The molecule has 39 heavy (non-hydrogen) atoms. The van der Waals surface area contributed by atoms with Gasteiger partial charge in [0.2, 0.25) is 5.90 Å². The van der Waals surface area contributed by atoms with Crippen molar-refractivity contribution in [3.63, 3.8) is 0 Å². The van der Waals surface area contributed by atoms with Crippen LogP contribution < -0.4 is 15.6 Å².